The molecule has 3 aromatic carbocycles. The molecule has 162 valence electrons. The topological polar surface area (TPSA) is 85.8 Å². The minimum atomic E-state index is -0.119. The van der Waals surface area contributed by atoms with Crippen molar-refractivity contribution in [2.24, 2.45) is 7.05 Å². The maximum atomic E-state index is 13.6. The Kier molecular flexibility index (Phi) is 5.32. The molecule has 5 aromatic rings. The van der Waals surface area contributed by atoms with Crippen molar-refractivity contribution in [2.45, 2.75) is 6.54 Å². The zero-order valence-corrected chi connectivity index (χ0v) is 18.2. The molecule has 0 spiro atoms. The van der Waals surface area contributed by atoms with Gasteiger partial charge in [0.1, 0.15) is 0 Å². The van der Waals surface area contributed by atoms with E-state index in [1.54, 1.807) is 24.0 Å². The SMILES string of the molecule is Cn1c(NCc2ccc(N)cc2)nc(-c2ccncc2)c(-c2ccc3ccccc3c2)c1=O. The van der Waals surface area contributed by atoms with Gasteiger partial charge in [0.2, 0.25) is 5.95 Å². The van der Waals surface area contributed by atoms with Gasteiger partial charge in [-0.05, 0) is 52.2 Å². The molecule has 0 atom stereocenters. The Labute approximate surface area is 191 Å². The normalized spacial score (nSPS) is 10.9. The largest absolute Gasteiger partial charge is 0.399 e. The Morgan fingerprint density at radius 2 is 1.61 bits per heavy atom. The summed E-state index contributed by atoms with van der Waals surface area (Å²) in [5.41, 5.74) is 10.3. The third-order valence-corrected chi connectivity index (χ3v) is 5.71. The molecule has 0 saturated carbocycles. The van der Waals surface area contributed by atoms with Gasteiger partial charge in [-0.3, -0.25) is 14.3 Å². The smallest absolute Gasteiger partial charge is 0.263 e. The van der Waals surface area contributed by atoms with Crippen molar-refractivity contribution in [3.05, 3.63) is 107 Å². The van der Waals surface area contributed by atoms with Crippen molar-refractivity contribution in [3.63, 3.8) is 0 Å². The van der Waals surface area contributed by atoms with Crippen LogP contribution in [0.5, 0.6) is 0 Å². The van der Waals surface area contributed by atoms with Crippen LogP contribution in [0.15, 0.2) is 96.1 Å². The lowest BCUT2D eigenvalue weighted by Crippen LogP contribution is -2.24. The van der Waals surface area contributed by atoms with Gasteiger partial charge in [0.05, 0.1) is 11.3 Å². The monoisotopic (exact) mass is 433 g/mol. The van der Waals surface area contributed by atoms with Crippen LogP contribution in [0.4, 0.5) is 11.6 Å². The van der Waals surface area contributed by atoms with E-state index in [0.717, 1.165) is 27.5 Å². The Bertz CT molecular complexity index is 1490. The van der Waals surface area contributed by atoms with Gasteiger partial charge in [0.25, 0.3) is 5.56 Å². The summed E-state index contributed by atoms with van der Waals surface area (Å²) in [6, 6.07) is 25.5. The van der Waals surface area contributed by atoms with Gasteiger partial charge in [-0.1, -0.05) is 48.5 Å². The van der Waals surface area contributed by atoms with E-state index in [0.29, 0.717) is 29.4 Å². The Hall–Kier alpha value is -4.45. The van der Waals surface area contributed by atoms with Crippen LogP contribution in [-0.2, 0) is 13.6 Å². The number of benzene rings is 3. The van der Waals surface area contributed by atoms with E-state index >= 15 is 0 Å². The summed E-state index contributed by atoms with van der Waals surface area (Å²) < 4.78 is 1.56. The first-order valence-electron chi connectivity index (χ1n) is 10.7. The van der Waals surface area contributed by atoms with Gasteiger partial charge in [-0.2, -0.15) is 0 Å². The predicted molar refractivity (Wildman–Crippen MR) is 134 cm³/mol. The summed E-state index contributed by atoms with van der Waals surface area (Å²) in [5, 5.41) is 5.50. The summed E-state index contributed by atoms with van der Waals surface area (Å²) in [6.45, 7) is 0.520. The summed E-state index contributed by atoms with van der Waals surface area (Å²) in [7, 11) is 1.74. The summed E-state index contributed by atoms with van der Waals surface area (Å²) in [6.07, 6.45) is 3.42. The molecule has 0 aliphatic carbocycles. The first-order valence-corrected chi connectivity index (χ1v) is 10.7. The van der Waals surface area contributed by atoms with Gasteiger partial charge in [0.15, 0.2) is 0 Å². The summed E-state index contributed by atoms with van der Waals surface area (Å²) in [5.74, 6) is 0.494. The van der Waals surface area contributed by atoms with Crippen LogP contribution in [0, 0.1) is 0 Å². The molecule has 2 heterocycles. The van der Waals surface area contributed by atoms with E-state index in [9.17, 15) is 4.79 Å². The molecule has 0 amide bonds. The van der Waals surface area contributed by atoms with Crippen molar-refractivity contribution < 1.29 is 0 Å². The van der Waals surface area contributed by atoms with E-state index < -0.39 is 0 Å². The number of aromatic nitrogens is 3. The average Bonchev–Trinajstić information content (AvgIpc) is 2.86. The molecule has 0 fully saturated rings. The zero-order chi connectivity index (χ0) is 22.8. The number of nitrogens with two attached hydrogens (primary N) is 1. The number of pyridine rings is 1. The molecular formula is C27H23N5O. The quantitative estimate of drug-likeness (QED) is 0.387. The fourth-order valence-electron chi connectivity index (χ4n) is 3.90. The number of nitrogens with zero attached hydrogens (tertiary/aromatic N) is 3. The number of hydrogen-bond donors (Lipinski definition) is 2. The fraction of sp³-hybridized carbons (Fsp3) is 0.0741. The first kappa shape index (κ1) is 20.5. The maximum Gasteiger partial charge on any atom is 0.263 e. The number of nitrogens with one attached hydrogen (secondary N) is 1. The highest BCUT2D eigenvalue weighted by Gasteiger charge is 2.18. The van der Waals surface area contributed by atoms with E-state index in [2.05, 4.69) is 16.4 Å². The highest BCUT2D eigenvalue weighted by atomic mass is 16.1. The van der Waals surface area contributed by atoms with Gasteiger partial charge in [-0.25, -0.2) is 4.98 Å². The Balaban J connectivity index is 1.64. The van der Waals surface area contributed by atoms with Crippen molar-refractivity contribution in [2.75, 3.05) is 11.1 Å². The van der Waals surface area contributed by atoms with Crippen LogP contribution in [0.25, 0.3) is 33.2 Å². The highest BCUT2D eigenvalue weighted by Crippen LogP contribution is 2.30. The van der Waals surface area contributed by atoms with E-state index in [1.165, 1.54) is 0 Å². The molecule has 0 radical (unpaired) electrons. The van der Waals surface area contributed by atoms with Crippen molar-refractivity contribution >= 4 is 22.4 Å². The molecule has 0 saturated heterocycles. The van der Waals surface area contributed by atoms with Crippen LogP contribution in [0.1, 0.15) is 5.56 Å². The minimum absolute atomic E-state index is 0.119. The third-order valence-electron chi connectivity index (χ3n) is 5.71. The zero-order valence-electron chi connectivity index (χ0n) is 18.2. The molecule has 6 nitrogen and oxygen atoms in total. The van der Waals surface area contributed by atoms with E-state index in [4.69, 9.17) is 10.7 Å². The van der Waals surface area contributed by atoms with E-state index in [-0.39, 0.29) is 5.56 Å². The molecule has 3 N–H and O–H groups in total. The highest BCUT2D eigenvalue weighted by molar-refractivity contribution is 5.90. The second-order valence-electron chi connectivity index (χ2n) is 7.92. The van der Waals surface area contributed by atoms with Crippen LogP contribution in [-0.4, -0.2) is 14.5 Å². The fourth-order valence-corrected chi connectivity index (χ4v) is 3.90. The molecule has 0 aliphatic heterocycles. The number of anilines is 2. The molecule has 6 heteroatoms. The average molecular weight is 434 g/mol. The van der Waals surface area contributed by atoms with Crippen LogP contribution >= 0.6 is 0 Å². The van der Waals surface area contributed by atoms with Crippen molar-refractivity contribution in [1.82, 2.24) is 14.5 Å². The molecular weight excluding hydrogens is 410 g/mol. The van der Waals surface area contributed by atoms with Gasteiger partial charge in [-0.15, -0.1) is 0 Å². The molecule has 0 unspecified atom stereocenters. The van der Waals surface area contributed by atoms with Gasteiger partial charge < -0.3 is 11.1 Å². The van der Waals surface area contributed by atoms with Crippen LogP contribution in [0.3, 0.4) is 0 Å². The number of hydrogen-bond acceptors (Lipinski definition) is 5. The molecule has 5 rings (SSSR count). The summed E-state index contributed by atoms with van der Waals surface area (Å²) >= 11 is 0. The molecule has 33 heavy (non-hydrogen) atoms. The van der Waals surface area contributed by atoms with E-state index in [1.807, 2.05) is 72.8 Å². The maximum absolute atomic E-state index is 13.6. The van der Waals surface area contributed by atoms with Crippen LogP contribution in [0.2, 0.25) is 0 Å². The number of fused-ring (bicyclic) bond motifs is 1. The van der Waals surface area contributed by atoms with Crippen molar-refractivity contribution in [1.29, 1.82) is 0 Å². The molecule has 0 aliphatic rings. The van der Waals surface area contributed by atoms with Gasteiger partial charge >= 0.3 is 0 Å². The molecule has 0 bridgehead atoms. The number of rotatable bonds is 5. The second kappa shape index (κ2) is 8.59. The lowest BCUT2D eigenvalue weighted by Gasteiger charge is -2.16. The minimum Gasteiger partial charge on any atom is -0.399 e. The first-order chi connectivity index (χ1) is 16.1. The number of nitrogen functional groups attached to an aromatic ring is 1. The summed E-state index contributed by atoms with van der Waals surface area (Å²) in [4.78, 5) is 22.6. The van der Waals surface area contributed by atoms with Crippen molar-refractivity contribution in [3.8, 4) is 22.4 Å². The molecule has 2 aromatic heterocycles. The Morgan fingerprint density at radius 1 is 0.879 bits per heavy atom. The third kappa shape index (κ3) is 4.06. The van der Waals surface area contributed by atoms with Gasteiger partial charge in [0, 0.05) is 37.2 Å². The lowest BCUT2D eigenvalue weighted by atomic mass is 9.98. The Morgan fingerprint density at radius 3 is 2.36 bits per heavy atom. The standard InChI is InChI=1S/C27H23N5O/c1-32-26(33)24(22-9-8-19-4-2-3-5-21(19)16-22)25(20-12-14-29-15-13-20)31-27(32)30-17-18-6-10-23(28)11-7-18/h2-16H,17,28H2,1H3,(H,30,31). The van der Waals surface area contributed by atoms with Crippen LogP contribution < -0.4 is 16.6 Å². The lowest BCUT2D eigenvalue weighted by molar-refractivity contribution is 0.826. The second-order valence-corrected chi connectivity index (χ2v) is 7.92. The predicted octanol–water partition coefficient (Wildman–Crippen LogP) is 4.86.